The average Bonchev–Trinajstić information content (AvgIpc) is 2.59. The highest BCUT2D eigenvalue weighted by molar-refractivity contribution is 4.90. The van der Waals surface area contributed by atoms with Crippen molar-refractivity contribution in [3.8, 4) is 6.07 Å². The first-order chi connectivity index (χ1) is 6.77. The molecule has 3 heteroatoms. The van der Waals surface area contributed by atoms with Crippen molar-refractivity contribution >= 4 is 0 Å². The molecule has 80 valence electrons. The average molecular weight is 195 g/mol. The Morgan fingerprint density at radius 1 is 1.64 bits per heavy atom. The maximum absolute atomic E-state index is 8.87. The molecular weight excluding hydrogens is 174 g/mol. The van der Waals surface area contributed by atoms with Gasteiger partial charge >= 0.3 is 0 Å². The van der Waals surface area contributed by atoms with Crippen LogP contribution in [0.3, 0.4) is 0 Å². The van der Waals surface area contributed by atoms with E-state index in [2.05, 4.69) is 23.2 Å². The van der Waals surface area contributed by atoms with Gasteiger partial charge in [-0.05, 0) is 39.3 Å². The molecule has 1 fully saturated rings. The third-order valence-electron chi connectivity index (χ3n) is 3.00. The molecule has 2 unspecified atom stereocenters. The van der Waals surface area contributed by atoms with Crippen LogP contribution in [-0.2, 0) is 0 Å². The Balaban J connectivity index is 2.21. The molecule has 1 aliphatic rings. The largest absolute Gasteiger partial charge is 0.302 e. The second-order valence-electron chi connectivity index (χ2n) is 4.06. The lowest BCUT2D eigenvalue weighted by atomic mass is 10.2. The summed E-state index contributed by atoms with van der Waals surface area (Å²) in [4.78, 5) is 2.49. The van der Waals surface area contributed by atoms with Crippen LogP contribution in [0.5, 0.6) is 0 Å². The van der Waals surface area contributed by atoms with Gasteiger partial charge in [-0.1, -0.05) is 6.92 Å². The minimum absolute atomic E-state index is 0.0350. The summed E-state index contributed by atoms with van der Waals surface area (Å²) in [5, 5.41) is 12.0. The zero-order valence-electron chi connectivity index (χ0n) is 9.29. The molecule has 0 aromatic heterocycles. The zero-order valence-corrected chi connectivity index (χ0v) is 9.29. The van der Waals surface area contributed by atoms with Gasteiger partial charge in [0.1, 0.15) is 0 Å². The van der Waals surface area contributed by atoms with Gasteiger partial charge < -0.3 is 10.2 Å². The molecule has 0 aromatic carbocycles. The summed E-state index contributed by atoms with van der Waals surface area (Å²) < 4.78 is 0. The summed E-state index contributed by atoms with van der Waals surface area (Å²) in [6.45, 7) is 7.48. The Morgan fingerprint density at radius 2 is 2.43 bits per heavy atom. The molecule has 1 rings (SSSR count). The minimum atomic E-state index is 0.0350. The maximum Gasteiger partial charge on any atom is 0.0965 e. The van der Waals surface area contributed by atoms with Crippen LogP contribution < -0.4 is 5.32 Å². The van der Waals surface area contributed by atoms with Crippen LogP contribution in [0.2, 0.25) is 0 Å². The van der Waals surface area contributed by atoms with Gasteiger partial charge in [0.2, 0.25) is 0 Å². The van der Waals surface area contributed by atoms with E-state index in [0.717, 1.165) is 25.6 Å². The molecule has 0 bridgehead atoms. The molecule has 14 heavy (non-hydrogen) atoms. The molecule has 1 aliphatic heterocycles. The Morgan fingerprint density at radius 3 is 2.93 bits per heavy atom. The fraction of sp³-hybridized carbons (Fsp3) is 0.909. The molecule has 0 aliphatic carbocycles. The summed E-state index contributed by atoms with van der Waals surface area (Å²) >= 11 is 0. The normalized spacial score (nSPS) is 24.8. The van der Waals surface area contributed by atoms with Gasteiger partial charge in [0, 0.05) is 12.6 Å². The van der Waals surface area contributed by atoms with Crippen molar-refractivity contribution in [1.29, 1.82) is 5.26 Å². The first-order valence-electron chi connectivity index (χ1n) is 5.65. The Bertz CT molecular complexity index is 197. The number of likely N-dealkylation sites (tertiary alicyclic amines) is 1. The first kappa shape index (κ1) is 11.5. The molecule has 2 atom stereocenters. The summed E-state index contributed by atoms with van der Waals surface area (Å²) in [5.74, 6) is 0. The van der Waals surface area contributed by atoms with E-state index in [1.165, 1.54) is 19.4 Å². The van der Waals surface area contributed by atoms with Gasteiger partial charge in [0.25, 0.3) is 0 Å². The van der Waals surface area contributed by atoms with Gasteiger partial charge in [-0.15, -0.1) is 0 Å². The Hall–Kier alpha value is -0.590. The first-order valence-corrected chi connectivity index (χ1v) is 5.65. The predicted molar refractivity (Wildman–Crippen MR) is 58.0 cm³/mol. The van der Waals surface area contributed by atoms with Crippen molar-refractivity contribution in [3.05, 3.63) is 0 Å². The van der Waals surface area contributed by atoms with Gasteiger partial charge in [-0.25, -0.2) is 0 Å². The second kappa shape index (κ2) is 6.00. The van der Waals surface area contributed by atoms with Crippen molar-refractivity contribution in [1.82, 2.24) is 10.2 Å². The fourth-order valence-corrected chi connectivity index (χ4v) is 2.08. The molecule has 0 spiro atoms. The van der Waals surface area contributed by atoms with Crippen LogP contribution in [-0.4, -0.2) is 36.6 Å². The third kappa shape index (κ3) is 3.28. The topological polar surface area (TPSA) is 39.1 Å². The summed E-state index contributed by atoms with van der Waals surface area (Å²) in [7, 11) is 0. The monoisotopic (exact) mass is 195 g/mol. The smallest absolute Gasteiger partial charge is 0.0965 e. The molecular formula is C11H21N3. The van der Waals surface area contributed by atoms with Crippen LogP contribution >= 0.6 is 0 Å². The number of nitrogens with zero attached hydrogens (tertiary/aromatic N) is 2. The quantitative estimate of drug-likeness (QED) is 0.720. The highest BCUT2D eigenvalue weighted by atomic mass is 15.2. The number of rotatable bonds is 5. The second-order valence-corrected chi connectivity index (χ2v) is 4.06. The van der Waals surface area contributed by atoms with E-state index in [1.54, 1.807) is 0 Å². The Labute approximate surface area is 87.1 Å². The molecule has 0 saturated carbocycles. The number of nitrogens with one attached hydrogen (secondary N) is 1. The van der Waals surface area contributed by atoms with Crippen molar-refractivity contribution in [2.75, 3.05) is 19.6 Å². The van der Waals surface area contributed by atoms with E-state index in [0.29, 0.717) is 0 Å². The van der Waals surface area contributed by atoms with E-state index >= 15 is 0 Å². The fourth-order valence-electron chi connectivity index (χ4n) is 2.08. The number of hydrogen-bond donors (Lipinski definition) is 1. The van der Waals surface area contributed by atoms with Crippen molar-refractivity contribution < 1.29 is 0 Å². The Kier molecular flexibility index (Phi) is 4.92. The molecule has 3 nitrogen and oxygen atoms in total. The third-order valence-corrected chi connectivity index (χ3v) is 3.00. The van der Waals surface area contributed by atoms with E-state index in [9.17, 15) is 0 Å². The van der Waals surface area contributed by atoms with E-state index < -0.39 is 0 Å². The van der Waals surface area contributed by atoms with Crippen LogP contribution in [0.1, 0.15) is 33.1 Å². The maximum atomic E-state index is 8.87. The SMILES string of the molecule is CCNC(C#N)CCN1CCCC1C. The standard InChI is InChI=1S/C11H21N3/c1-3-13-11(9-12)6-8-14-7-4-5-10(14)2/h10-11,13H,3-8H2,1-2H3. The van der Waals surface area contributed by atoms with Crippen LogP contribution in [0.25, 0.3) is 0 Å². The van der Waals surface area contributed by atoms with Crippen LogP contribution in [0.15, 0.2) is 0 Å². The lowest BCUT2D eigenvalue weighted by Gasteiger charge is -2.22. The molecule has 1 saturated heterocycles. The van der Waals surface area contributed by atoms with Crippen molar-refractivity contribution in [3.63, 3.8) is 0 Å². The molecule has 1 N–H and O–H groups in total. The highest BCUT2D eigenvalue weighted by Gasteiger charge is 2.20. The van der Waals surface area contributed by atoms with E-state index in [4.69, 9.17) is 5.26 Å². The van der Waals surface area contributed by atoms with E-state index in [1.807, 2.05) is 6.92 Å². The van der Waals surface area contributed by atoms with Gasteiger partial charge in [0.15, 0.2) is 0 Å². The number of nitriles is 1. The van der Waals surface area contributed by atoms with Gasteiger partial charge in [0.05, 0.1) is 12.1 Å². The molecule has 0 amide bonds. The van der Waals surface area contributed by atoms with Gasteiger partial charge in [-0.3, -0.25) is 0 Å². The van der Waals surface area contributed by atoms with Gasteiger partial charge in [-0.2, -0.15) is 5.26 Å². The summed E-state index contributed by atoms with van der Waals surface area (Å²) in [6.07, 6.45) is 3.59. The lowest BCUT2D eigenvalue weighted by Crippen LogP contribution is -2.34. The number of hydrogen-bond acceptors (Lipinski definition) is 3. The zero-order chi connectivity index (χ0) is 10.4. The molecule has 1 heterocycles. The lowest BCUT2D eigenvalue weighted by molar-refractivity contribution is 0.258. The van der Waals surface area contributed by atoms with Crippen molar-refractivity contribution in [2.24, 2.45) is 0 Å². The molecule has 0 radical (unpaired) electrons. The summed E-state index contributed by atoms with van der Waals surface area (Å²) in [5.41, 5.74) is 0. The van der Waals surface area contributed by atoms with Crippen molar-refractivity contribution in [2.45, 2.75) is 45.2 Å². The van der Waals surface area contributed by atoms with E-state index in [-0.39, 0.29) is 6.04 Å². The summed E-state index contributed by atoms with van der Waals surface area (Å²) in [6, 6.07) is 3.06. The predicted octanol–water partition coefficient (Wildman–Crippen LogP) is 1.36. The molecule has 0 aromatic rings. The van der Waals surface area contributed by atoms with Crippen LogP contribution in [0, 0.1) is 11.3 Å². The van der Waals surface area contributed by atoms with Crippen LogP contribution in [0.4, 0.5) is 0 Å². The highest BCUT2D eigenvalue weighted by Crippen LogP contribution is 2.16. The minimum Gasteiger partial charge on any atom is -0.302 e.